The fraction of sp³-hybridized carbons (Fsp3) is 1.00. The normalized spacial score (nSPS) is 27.5. The van der Waals surface area contributed by atoms with Gasteiger partial charge in [0.2, 0.25) is 0 Å². The Hall–Kier alpha value is 0.100. The maximum Gasteiger partial charge on any atom is 0.403 e. The van der Waals surface area contributed by atoms with E-state index in [4.69, 9.17) is 0 Å². The van der Waals surface area contributed by atoms with Crippen LogP contribution in [0.2, 0.25) is 0 Å². The molecule has 0 aromatic rings. The summed E-state index contributed by atoms with van der Waals surface area (Å²) in [6.45, 7) is 1.17. The molecule has 72 valence electrons. The van der Waals surface area contributed by atoms with Crippen molar-refractivity contribution in [1.82, 2.24) is 5.32 Å². The molecule has 1 fully saturated rings. The van der Waals surface area contributed by atoms with Gasteiger partial charge in [-0.15, -0.1) is 0 Å². The summed E-state index contributed by atoms with van der Waals surface area (Å²) in [5, 5.41) is 2.57. The molecule has 1 nitrogen and oxygen atoms in total. The van der Waals surface area contributed by atoms with Crippen molar-refractivity contribution in [2.24, 2.45) is 0 Å². The fourth-order valence-electron chi connectivity index (χ4n) is 1.11. The Balaban J connectivity index is 2.30. The van der Waals surface area contributed by atoms with Crippen LogP contribution in [0, 0.1) is 0 Å². The van der Waals surface area contributed by atoms with Gasteiger partial charge in [0.25, 0.3) is 0 Å². The zero-order valence-electron chi connectivity index (χ0n) is 6.82. The summed E-state index contributed by atoms with van der Waals surface area (Å²) in [5.74, 6) is 1.78. The Morgan fingerprint density at radius 1 is 1.50 bits per heavy atom. The van der Waals surface area contributed by atoms with Gasteiger partial charge in [0, 0.05) is 11.8 Å². The second kappa shape index (κ2) is 3.87. The van der Waals surface area contributed by atoms with E-state index in [1.54, 1.807) is 11.8 Å². The highest BCUT2D eigenvalue weighted by Crippen LogP contribution is 2.23. The second-order valence-electron chi connectivity index (χ2n) is 2.99. The average molecular weight is 199 g/mol. The second-order valence-corrected chi connectivity index (χ2v) is 4.14. The number of rotatable bonds is 2. The molecule has 0 aromatic heterocycles. The summed E-state index contributed by atoms with van der Waals surface area (Å²) in [4.78, 5) is 0. The summed E-state index contributed by atoms with van der Waals surface area (Å²) in [5.41, 5.74) is 0. The number of halogens is 3. The van der Waals surface area contributed by atoms with E-state index in [0.717, 1.165) is 17.9 Å². The van der Waals surface area contributed by atoms with Crippen LogP contribution in [0.5, 0.6) is 0 Å². The highest BCUT2D eigenvalue weighted by Gasteiger charge is 2.37. The topological polar surface area (TPSA) is 12.0 Å². The third-order valence-electron chi connectivity index (χ3n) is 1.91. The number of hydrogen-bond donors (Lipinski definition) is 1. The summed E-state index contributed by atoms with van der Waals surface area (Å²) in [6, 6.07) is -1.33. The van der Waals surface area contributed by atoms with Crippen LogP contribution in [-0.4, -0.2) is 29.8 Å². The van der Waals surface area contributed by atoms with Gasteiger partial charge in [0.1, 0.15) is 6.04 Å². The van der Waals surface area contributed by atoms with Gasteiger partial charge in [0.05, 0.1) is 0 Å². The smallest absolute Gasteiger partial charge is 0.303 e. The number of hydrogen-bond acceptors (Lipinski definition) is 2. The molecule has 0 spiro atoms. The van der Waals surface area contributed by atoms with Crippen LogP contribution in [-0.2, 0) is 0 Å². The third-order valence-corrected chi connectivity index (χ3v) is 3.07. The van der Waals surface area contributed by atoms with Crippen molar-refractivity contribution in [3.8, 4) is 0 Å². The zero-order chi connectivity index (χ0) is 9.19. The van der Waals surface area contributed by atoms with E-state index in [2.05, 4.69) is 5.32 Å². The Labute approximate surface area is 74.1 Å². The van der Waals surface area contributed by atoms with Crippen molar-refractivity contribution in [3.05, 3.63) is 0 Å². The molecular weight excluding hydrogens is 187 g/mol. The van der Waals surface area contributed by atoms with E-state index in [9.17, 15) is 13.2 Å². The molecule has 1 rings (SSSR count). The van der Waals surface area contributed by atoms with Gasteiger partial charge < -0.3 is 5.32 Å². The van der Waals surface area contributed by atoms with Crippen molar-refractivity contribution in [2.75, 3.05) is 11.5 Å². The largest absolute Gasteiger partial charge is 0.403 e. The lowest BCUT2D eigenvalue weighted by molar-refractivity contribution is -0.152. The van der Waals surface area contributed by atoms with Crippen molar-refractivity contribution in [1.29, 1.82) is 0 Å². The van der Waals surface area contributed by atoms with Crippen LogP contribution in [0.25, 0.3) is 0 Å². The lowest BCUT2D eigenvalue weighted by Crippen LogP contribution is -2.45. The molecule has 2 unspecified atom stereocenters. The molecule has 2 atom stereocenters. The molecule has 0 amide bonds. The molecule has 5 heteroatoms. The summed E-state index contributed by atoms with van der Waals surface area (Å²) < 4.78 is 36.1. The van der Waals surface area contributed by atoms with Crippen molar-refractivity contribution >= 4 is 11.8 Å². The van der Waals surface area contributed by atoms with E-state index in [1.807, 2.05) is 0 Å². The van der Waals surface area contributed by atoms with Crippen LogP contribution in [0.1, 0.15) is 13.3 Å². The molecule has 12 heavy (non-hydrogen) atoms. The maximum absolute atomic E-state index is 12.0. The summed E-state index contributed by atoms with van der Waals surface area (Å²) >= 11 is 1.70. The highest BCUT2D eigenvalue weighted by molar-refractivity contribution is 7.99. The minimum absolute atomic E-state index is 0.0478. The Kier molecular flexibility index (Phi) is 3.29. The number of nitrogens with one attached hydrogen (secondary N) is 1. The van der Waals surface area contributed by atoms with Gasteiger partial charge in [0.15, 0.2) is 0 Å². The highest BCUT2D eigenvalue weighted by atomic mass is 32.2. The molecule has 1 saturated heterocycles. The molecule has 0 saturated carbocycles. The average Bonchev–Trinajstić information content (AvgIpc) is 2.37. The summed E-state index contributed by atoms with van der Waals surface area (Å²) in [7, 11) is 0. The van der Waals surface area contributed by atoms with Crippen LogP contribution < -0.4 is 5.32 Å². The standard InChI is InChI=1S/C7H12F3NS/c1-5(7(8,9)10)11-6-2-3-12-4-6/h5-6,11H,2-4H2,1H3. The molecule has 0 aliphatic carbocycles. The zero-order valence-corrected chi connectivity index (χ0v) is 7.63. The van der Waals surface area contributed by atoms with Crippen molar-refractivity contribution in [2.45, 2.75) is 31.6 Å². The van der Waals surface area contributed by atoms with E-state index in [0.29, 0.717) is 0 Å². The van der Waals surface area contributed by atoms with E-state index in [1.165, 1.54) is 6.92 Å². The van der Waals surface area contributed by atoms with Gasteiger partial charge in [-0.25, -0.2) is 0 Å². The van der Waals surface area contributed by atoms with Crippen molar-refractivity contribution < 1.29 is 13.2 Å². The maximum atomic E-state index is 12.0. The first-order chi connectivity index (χ1) is 5.50. The van der Waals surface area contributed by atoms with Gasteiger partial charge >= 0.3 is 6.18 Å². The lowest BCUT2D eigenvalue weighted by atomic mass is 10.2. The molecule has 1 N–H and O–H groups in total. The minimum Gasteiger partial charge on any atom is -0.303 e. The van der Waals surface area contributed by atoms with Gasteiger partial charge in [-0.05, 0) is 19.1 Å². The first kappa shape index (κ1) is 10.2. The predicted molar refractivity (Wildman–Crippen MR) is 44.4 cm³/mol. The van der Waals surface area contributed by atoms with Gasteiger partial charge in [-0.3, -0.25) is 0 Å². The van der Waals surface area contributed by atoms with Crippen LogP contribution >= 0.6 is 11.8 Å². The molecule has 1 aliphatic heterocycles. The fourth-order valence-corrected chi connectivity index (χ4v) is 2.28. The molecule has 0 radical (unpaired) electrons. The Morgan fingerprint density at radius 3 is 2.58 bits per heavy atom. The predicted octanol–water partition coefficient (Wildman–Crippen LogP) is 2.03. The van der Waals surface area contributed by atoms with Crippen LogP contribution in [0.4, 0.5) is 13.2 Å². The Morgan fingerprint density at radius 2 is 2.17 bits per heavy atom. The van der Waals surface area contributed by atoms with Gasteiger partial charge in [-0.2, -0.15) is 24.9 Å². The van der Waals surface area contributed by atoms with E-state index < -0.39 is 12.2 Å². The molecule has 1 heterocycles. The van der Waals surface area contributed by atoms with E-state index in [-0.39, 0.29) is 6.04 Å². The number of alkyl halides is 3. The molecule has 1 aliphatic rings. The van der Waals surface area contributed by atoms with Crippen LogP contribution in [0.15, 0.2) is 0 Å². The number of thioether (sulfide) groups is 1. The van der Waals surface area contributed by atoms with Crippen molar-refractivity contribution in [3.63, 3.8) is 0 Å². The van der Waals surface area contributed by atoms with Crippen LogP contribution in [0.3, 0.4) is 0 Å². The first-order valence-electron chi connectivity index (χ1n) is 3.90. The monoisotopic (exact) mass is 199 g/mol. The quantitative estimate of drug-likeness (QED) is 0.730. The Bertz CT molecular complexity index is 142. The first-order valence-corrected chi connectivity index (χ1v) is 5.06. The van der Waals surface area contributed by atoms with E-state index >= 15 is 0 Å². The van der Waals surface area contributed by atoms with Gasteiger partial charge in [-0.1, -0.05) is 0 Å². The molecule has 0 bridgehead atoms. The molecular formula is C7H12F3NS. The lowest BCUT2D eigenvalue weighted by Gasteiger charge is -2.20. The minimum atomic E-state index is -4.10. The third kappa shape index (κ3) is 2.86. The molecule has 0 aromatic carbocycles. The SMILES string of the molecule is CC(NC1CCSC1)C(F)(F)F. The summed E-state index contributed by atoms with van der Waals surface area (Å²) in [6.07, 6.45) is -3.25.